The van der Waals surface area contributed by atoms with E-state index in [2.05, 4.69) is 79.7 Å². The van der Waals surface area contributed by atoms with Gasteiger partial charge in [0.25, 0.3) is 0 Å². The van der Waals surface area contributed by atoms with E-state index < -0.39 is 9.03 Å². The van der Waals surface area contributed by atoms with E-state index in [0.717, 1.165) is 11.5 Å². The van der Waals surface area contributed by atoms with E-state index in [9.17, 15) is 0 Å². The summed E-state index contributed by atoms with van der Waals surface area (Å²) in [6.07, 6.45) is 0. The van der Waals surface area contributed by atoms with Crippen molar-refractivity contribution in [1.29, 1.82) is 0 Å². The van der Waals surface area contributed by atoms with Gasteiger partial charge in [-0.3, -0.25) is 0 Å². The summed E-state index contributed by atoms with van der Waals surface area (Å²) < 4.78 is 12.5. The Balaban J connectivity index is 2.20. The Labute approximate surface area is 164 Å². The smallest absolute Gasteiger partial charge is 0.313 e. The third-order valence-electron chi connectivity index (χ3n) is 4.57. The molecule has 0 saturated carbocycles. The molecular weight excluding hydrogens is 359 g/mol. The Hall–Kier alpha value is -1.18. The number of benzene rings is 2. The Bertz CT molecular complexity index is 775. The van der Waals surface area contributed by atoms with Crippen LogP contribution in [0.25, 0.3) is 0 Å². The molecule has 1 aliphatic heterocycles. The molecule has 0 N–H and O–H groups in total. The molecule has 0 saturated heterocycles. The van der Waals surface area contributed by atoms with Crippen molar-refractivity contribution in [2.45, 2.75) is 76.0 Å². The van der Waals surface area contributed by atoms with Gasteiger partial charge >= 0.3 is 9.03 Å². The first-order valence-corrected chi connectivity index (χ1v) is 10.9. The van der Waals surface area contributed by atoms with Crippen LogP contribution in [0.15, 0.2) is 34.1 Å². The highest BCUT2D eigenvalue weighted by atomic mass is 32.2. The lowest BCUT2D eigenvalue weighted by molar-refractivity contribution is 0.464. The van der Waals surface area contributed by atoms with Crippen LogP contribution in [0.1, 0.15) is 63.8 Å². The fourth-order valence-corrected chi connectivity index (χ4v) is 5.37. The second kappa shape index (κ2) is 6.77. The molecule has 1 heterocycles. The summed E-state index contributed by atoms with van der Waals surface area (Å²) in [5.41, 5.74) is 5.10. The van der Waals surface area contributed by atoms with Gasteiger partial charge in [-0.1, -0.05) is 65.4 Å². The standard InChI is InChI=1S/C22H30O2PS/c1-13-9-15(21(3,4)5)19-17(11-13)26-18-12-14(2)10-16(22(6,7)8)20(18)24-25-23-19/h9-12H,25H2,1-8H3/q+1. The molecule has 0 fully saturated rings. The van der Waals surface area contributed by atoms with Crippen LogP contribution < -0.4 is 9.05 Å². The summed E-state index contributed by atoms with van der Waals surface area (Å²) in [6, 6.07) is 8.97. The van der Waals surface area contributed by atoms with E-state index in [-0.39, 0.29) is 10.8 Å². The zero-order valence-corrected chi connectivity index (χ0v) is 19.1. The fourth-order valence-electron chi connectivity index (χ4n) is 3.23. The minimum Gasteiger partial charge on any atom is -0.313 e. The van der Waals surface area contributed by atoms with Crippen molar-refractivity contribution in [2.24, 2.45) is 0 Å². The molecule has 0 radical (unpaired) electrons. The van der Waals surface area contributed by atoms with Gasteiger partial charge in [0.1, 0.15) is 0 Å². The van der Waals surface area contributed by atoms with Crippen LogP contribution in [-0.4, -0.2) is 0 Å². The largest absolute Gasteiger partial charge is 0.341 e. The number of aryl methyl sites for hydroxylation is 2. The molecule has 4 heteroatoms. The lowest BCUT2D eigenvalue weighted by Crippen LogP contribution is -2.15. The van der Waals surface area contributed by atoms with E-state index in [4.69, 9.17) is 9.05 Å². The van der Waals surface area contributed by atoms with Crippen LogP contribution in [0.4, 0.5) is 0 Å². The van der Waals surface area contributed by atoms with Crippen molar-refractivity contribution in [2.75, 3.05) is 0 Å². The number of rotatable bonds is 0. The molecule has 3 rings (SSSR count). The van der Waals surface area contributed by atoms with Crippen LogP contribution in [-0.2, 0) is 10.8 Å². The third-order valence-corrected chi connectivity index (χ3v) is 6.28. The highest BCUT2D eigenvalue weighted by molar-refractivity contribution is 7.99. The monoisotopic (exact) mass is 389 g/mol. The van der Waals surface area contributed by atoms with E-state index in [1.54, 1.807) is 11.8 Å². The second-order valence-corrected chi connectivity index (χ2v) is 11.0. The summed E-state index contributed by atoms with van der Waals surface area (Å²) >= 11 is 1.77. The van der Waals surface area contributed by atoms with Crippen LogP contribution in [0.2, 0.25) is 0 Å². The van der Waals surface area contributed by atoms with Gasteiger partial charge in [0.15, 0.2) is 11.5 Å². The molecule has 2 nitrogen and oxygen atoms in total. The molecule has 0 aliphatic carbocycles. The minimum absolute atomic E-state index is 0.0291. The molecule has 0 spiro atoms. The maximum absolute atomic E-state index is 6.24. The first kappa shape index (κ1) is 19.6. The Morgan fingerprint density at radius 3 is 1.42 bits per heavy atom. The van der Waals surface area contributed by atoms with Gasteiger partial charge in [-0.05, 0) is 47.9 Å². The third kappa shape index (κ3) is 3.89. The van der Waals surface area contributed by atoms with Gasteiger partial charge < -0.3 is 9.05 Å². The fraction of sp³-hybridized carbons (Fsp3) is 0.455. The zero-order chi connectivity index (χ0) is 19.3. The summed E-state index contributed by atoms with van der Waals surface area (Å²) in [5.74, 6) is 1.99. The molecule has 26 heavy (non-hydrogen) atoms. The highest BCUT2D eigenvalue weighted by Crippen LogP contribution is 2.51. The maximum atomic E-state index is 6.24. The summed E-state index contributed by atoms with van der Waals surface area (Å²) in [4.78, 5) is 2.38. The van der Waals surface area contributed by atoms with Crippen molar-refractivity contribution in [3.8, 4) is 11.5 Å². The predicted molar refractivity (Wildman–Crippen MR) is 115 cm³/mol. The molecule has 1 aliphatic rings. The highest BCUT2D eigenvalue weighted by Gasteiger charge is 2.30. The maximum Gasteiger partial charge on any atom is 0.341 e. The lowest BCUT2D eigenvalue weighted by Gasteiger charge is -2.27. The number of fused-ring (bicyclic) bond motifs is 2. The van der Waals surface area contributed by atoms with Gasteiger partial charge in [-0.15, -0.1) is 0 Å². The van der Waals surface area contributed by atoms with Crippen molar-refractivity contribution in [3.05, 3.63) is 46.5 Å². The molecule has 2 aromatic rings. The van der Waals surface area contributed by atoms with Crippen molar-refractivity contribution in [1.82, 2.24) is 0 Å². The predicted octanol–water partition coefficient (Wildman–Crippen LogP) is 7.06. The van der Waals surface area contributed by atoms with E-state index in [1.165, 1.54) is 32.0 Å². The van der Waals surface area contributed by atoms with Gasteiger partial charge in [0, 0.05) is 11.1 Å². The minimum atomic E-state index is -0.603. The summed E-state index contributed by atoms with van der Waals surface area (Å²) in [6.45, 7) is 17.7. The average Bonchev–Trinajstić information content (AvgIpc) is 2.46. The van der Waals surface area contributed by atoms with E-state index >= 15 is 0 Å². The van der Waals surface area contributed by atoms with Crippen LogP contribution in [0, 0.1) is 13.8 Å². The average molecular weight is 390 g/mol. The molecule has 0 aromatic heterocycles. The second-order valence-electron chi connectivity index (χ2n) is 9.21. The first-order chi connectivity index (χ1) is 12.0. The molecular formula is C22H30O2PS+. The molecule has 0 unspecified atom stereocenters. The van der Waals surface area contributed by atoms with Crippen LogP contribution >= 0.6 is 20.8 Å². The molecule has 2 aromatic carbocycles. The molecule has 0 atom stereocenters. The Morgan fingerprint density at radius 2 is 1.08 bits per heavy atom. The van der Waals surface area contributed by atoms with Crippen molar-refractivity contribution in [3.63, 3.8) is 0 Å². The Kier molecular flexibility index (Phi) is 5.09. The lowest BCUT2D eigenvalue weighted by atomic mass is 9.85. The topological polar surface area (TPSA) is 18.5 Å². The summed E-state index contributed by atoms with van der Waals surface area (Å²) in [7, 11) is -0.603. The normalized spacial score (nSPS) is 14.5. The van der Waals surface area contributed by atoms with E-state index in [0.29, 0.717) is 0 Å². The van der Waals surface area contributed by atoms with Crippen molar-refractivity contribution < 1.29 is 9.05 Å². The zero-order valence-electron chi connectivity index (χ0n) is 17.1. The first-order valence-electron chi connectivity index (χ1n) is 9.10. The van der Waals surface area contributed by atoms with Gasteiger partial charge in [-0.25, -0.2) is 0 Å². The number of hydrogen-bond acceptors (Lipinski definition) is 3. The quantitative estimate of drug-likeness (QED) is 0.449. The SMILES string of the molecule is Cc1cc2c(c(C(C)(C)C)c1)O[PH2+]Oc1c(cc(C)cc1C(C)(C)C)S2. The molecule has 0 amide bonds. The van der Waals surface area contributed by atoms with Crippen molar-refractivity contribution >= 4 is 20.8 Å². The van der Waals surface area contributed by atoms with Gasteiger partial charge in [0.2, 0.25) is 0 Å². The molecule has 0 bridgehead atoms. The Morgan fingerprint density at radius 1 is 0.692 bits per heavy atom. The van der Waals surface area contributed by atoms with Crippen LogP contribution in [0.5, 0.6) is 11.5 Å². The van der Waals surface area contributed by atoms with E-state index in [1.807, 2.05) is 0 Å². The number of hydrogen-bond donors (Lipinski definition) is 0. The summed E-state index contributed by atoms with van der Waals surface area (Å²) in [5, 5.41) is 0. The molecule has 140 valence electrons. The van der Waals surface area contributed by atoms with Crippen LogP contribution in [0.3, 0.4) is 0 Å². The van der Waals surface area contributed by atoms with Gasteiger partial charge in [-0.2, -0.15) is 0 Å². The van der Waals surface area contributed by atoms with Gasteiger partial charge in [0.05, 0.1) is 9.79 Å².